The molecule has 0 radical (unpaired) electrons. The Morgan fingerprint density at radius 3 is 2.53 bits per heavy atom. The van der Waals surface area contributed by atoms with E-state index in [2.05, 4.69) is 6.58 Å². The van der Waals surface area contributed by atoms with Crippen molar-refractivity contribution in [3.8, 4) is 0 Å². The van der Waals surface area contributed by atoms with Crippen LogP contribution < -0.4 is 0 Å². The lowest BCUT2D eigenvalue weighted by molar-refractivity contribution is 0.0408. The fourth-order valence-corrected chi connectivity index (χ4v) is 5.15. The van der Waals surface area contributed by atoms with Crippen molar-refractivity contribution in [2.45, 2.75) is 41.9 Å². The zero-order valence-corrected chi connectivity index (χ0v) is 11.9. The zero-order valence-electron chi connectivity index (χ0n) is 11.1. The highest BCUT2D eigenvalue weighted by molar-refractivity contribution is 7.93. The largest absolute Gasteiger partial charge is 0.393 e. The van der Waals surface area contributed by atoms with Crippen LogP contribution in [0, 0.1) is 5.92 Å². The standard InChI is InChI=1S/C15H20O3S/c1-3-14(16)13-10-11-15(13,4-2)19(17,18)12-8-6-5-7-9-12/h4-9,13-14,16H,2-3,10-11H2,1H3/t13-,14-,15+/m0/s1. The molecule has 104 valence electrons. The van der Waals surface area contributed by atoms with Gasteiger partial charge in [0.2, 0.25) is 0 Å². The Kier molecular flexibility index (Phi) is 3.83. The van der Waals surface area contributed by atoms with Crippen molar-refractivity contribution >= 4 is 9.84 Å². The van der Waals surface area contributed by atoms with Gasteiger partial charge in [-0.1, -0.05) is 31.2 Å². The van der Waals surface area contributed by atoms with Crippen LogP contribution >= 0.6 is 0 Å². The van der Waals surface area contributed by atoms with Gasteiger partial charge in [0.25, 0.3) is 0 Å². The van der Waals surface area contributed by atoms with E-state index in [0.29, 0.717) is 17.7 Å². The lowest BCUT2D eigenvalue weighted by Crippen LogP contribution is -2.56. The Bertz CT molecular complexity index is 550. The van der Waals surface area contributed by atoms with Crippen LogP contribution in [-0.2, 0) is 9.84 Å². The van der Waals surface area contributed by atoms with Gasteiger partial charge in [0.1, 0.15) is 0 Å². The molecule has 4 heteroatoms. The minimum atomic E-state index is -3.50. The van der Waals surface area contributed by atoms with E-state index in [-0.39, 0.29) is 5.92 Å². The number of rotatable bonds is 5. The molecule has 0 heterocycles. The molecule has 0 unspecified atom stereocenters. The first-order valence-electron chi connectivity index (χ1n) is 6.61. The van der Waals surface area contributed by atoms with Crippen LogP contribution in [-0.4, -0.2) is 24.4 Å². The summed E-state index contributed by atoms with van der Waals surface area (Å²) in [5.74, 6) is -0.250. The smallest absolute Gasteiger partial charge is 0.187 e. The maximum absolute atomic E-state index is 12.8. The Morgan fingerprint density at radius 2 is 2.11 bits per heavy atom. The average Bonchev–Trinajstić information content (AvgIpc) is 2.39. The van der Waals surface area contributed by atoms with Crippen molar-refractivity contribution in [3.63, 3.8) is 0 Å². The number of sulfone groups is 1. The molecular weight excluding hydrogens is 260 g/mol. The van der Waals surface area contributed by atoms with E-state index < -0.39 is 20.7 Å². The summed E-state index contributed by atoms with van der Waals surface area (Å²) in [4.78, 5) is 0.308. The first kappa shape index (κ1) is 14.3. The van der Waals surface area contributed by atoms with Crippen LogP contribution in [0.15, 0.2) is 47.9 Å². The molecule has 0 aliphatic heterocycles. The van der Waals surface area contributed by atoms with Crippen LogP contribution in [0.1, 0.15) is 26.2 Å². The van der Waals surface area contributed by atoms with Gasteiger partial charge < -0.3 is 5.11 Å². The van der Waals surface area contributed by atoms with Gasteiger partial charge in [-0.3, -0.25) is 0 Å². The van der Waals surface area contributed by atoms with Gasteiger partial charge in [-0.15, -0.1) is 6.58 Å². The topological polar surface area (TPSA) is 54.4 Å². The van der Waals surface area contributed by atoms with Crippen LogP contribution in [0.2, 0.25) is 0 Å². The van der Waals surface area contributed by atoms with Gasteiger partial charge in [-0.2, -0.15) is 0 Å². The maximum atomic E-state index is 12.8. The highest BCUT2D eigenvalue weighted by Gasteiger charge is 2.56. The lowest BCUT2D eigenvalue weighted by Gasteiger charge is -2.48. The van der Waals surface area contributed by atoms with E-state index in [1.165, 1.54) is 6.08 Å². The molecule has 3 atom stereocenters. The molecule has 1 aliphatic carbocycles. The first-order valence-corrected chi connectivity index (χ1v) is 8.09. The Hall–Kier alpha value is -1.13. The summed E-state index contributed by atoms with van der Waals surface area (Å²) >= 11 is 0. The number of hydrogen-bond donors (Lipinski definition) is 1. The highest BCUT2D eigenvalue weighted by atomic mass is 32.2. The fourth-order valence-electron chi connectivity index (χ4n) is 2.91. The molecule has 1 aliphatic rings. The molecule has 0 amide bonds. The van der Waals surface area contributed by atoms with Gasteiger partial charge >= 0.3 is 0 Å². The van der Waals surface area contributed by atoms with Crippen LogP contribution in [0.25, 0.3) is 0 Å². The van der Waals surface area contributed by atoms with Gasteiger partial charge in [0, 0.05) is 5.92 Å². The number of aliphatic hydroxyl groups excluding tert-OH is 1. The maximum Gasteiger partial charge on any atom is 0.187 e. The monoisotopic (exact) mass is 280 g/mol. The minimum absolute atomic E-state index is 0.250. The van der Waals surface area contributed by atoms with Crippen molar-refractivity contribution in [1.82, 2.24) is 0 Å². The molecular formula is C15H20O3S. The molecule has 0 spiro atoms. The molecule has 1 saturated carbocycles. The SMILES string of the molecule is C=C[C@@]1(S(=O)(=O)c2ccccc2)CC[C@H]1[C@@H](O)CC. The average molecular weight is 280 g/mol. The van der Waals surface area contributed by atoms with E-state index in [1.807, 2.05) is 6.92 Å². The molecule has 1 aromatic rings. The third-order valence-corrected chi connectivity index (χ3v) is 6.82. The van der Waals surface area contributed by atoms with E-state index in [1.54, 1.807) is 30.3 Å². The Labute approximate surface area is 114 Å². The van der Waals surface area contributed by atoms with Crippen LogP contribution in [0.3, 0.4) is 0 Å². The summed E-state index contributed by atoms with van der Waals surface area (Å²) in [7, 11) is -3.50. The molecule has 0 aromatic heterocycles. The first-order chi connectivity index (χ1) is 8.99. The second kappa shape index (κ2) is 5.10. The molecule has 0 bridgehead atoms. The van der Waals surface area contributed by atoms with Gasteiger partial charge in [0.15, 0.2) is 9.84 Å². The van der Waals surface area contributed by atoms with Crippen molar-refractivity contribution in [1.29, 1.82) is 0 Å². The van der Waals surface area contributed by atoms with Crippen molar-refractivity contribution in [2.24, 2.45) is 5.92 Å². The summed E-state index contributed by atoms with van der Waals surface area (Å²) in [6.45, 7) is 5.59. The molecule has 1 N–H and O–H groups in total. The second-order valence-corrected chi connectivity index (χ2v) is 7.33. The van der Waals surface area contributed by atoms with E-state index in [4.69, 9.17) is 0 Å². The summed E-state index contributed by atoms with van der Waals surface area (Å²) in [5.41, 5.74) is 0. The van der Waals surface area contributed by atoms with Crippen molar-refractivity contribution < 1.29 is 13.5 Å². The lowest BCUT2D eigenvalue weighted by atomic mass is 9.69. The van der Waals surface area contributed by atoms with Gasteiger partial charge in [0.05, 0.1) is 15.7 Å². The van der Waals surface area contributed by atoms with Crippen molar-refractivity contribution in [3.05, 3.63) is 43.0 Å². The Balaban J connectivity index is 2.46. The second-order valence-electron chi connectivity index (χ2n) is 5.10. The van der Waals surface area contributed by atoms with Gasteiger partial charge in [-0.25, -0.2) is 8.42 Å². The zero-order chi connectivity index (χ0) is 14.1. The molecule has 1 fully saturated rings. The molecule has 2 rings (SSSR count). The highest BCUT2D eigenvalue weighted by Crippen LogP contribution is 2.50. The summed E-state index contributed by atoms with van der Waals surface area (Å²) < 4.78 is 24.6. The molecule has 3 nitrogen and oxygen atoms in total. The van der Waals surface area contributed by atoms with Crippen molar-refractivity contribution in [2.75, 3.05) is 0 Å². The third kappa shape index (κ3) is 2.03. The van der Waals surface area contributed by atoms with E-state index >= 15 is 0 Å². The summed E-state index contributed by atoms with van der Waals surface area (Å²) in [6, 6.07) is 8.43. The summed E-state index contributed by atoms with van der Waals surface area (Å²) in [5, 5.41) is 10.0. The molecule has 19 heavy (non-hydrogen) atoms. The number of benzene rings is 1. The third-order valence-electron chi connectivity index (χ3n) is 4.26. The normalized spacial score (nSPS) is 28.4. The predicted octanol–water partition coefficient (Wildman–Crippen LogP) is 2.57. The van der Waals surface area contributed by atoms with E-state index in [9.17, 15) is 13.5 Å². The minimum Gasteiger partial charge on any atom is -0.393 e. The summed E-state index contributed by atoms with van der Waals surface area (Å²) in [6.07, 6.45) is 2.75. The Morgan fingerprint density at radius 1 is 1.47 bits per heavy atom. The number of aliphatic hydroxyl groups is 1. The predicted molar refractivity (Wildman–Crippen MR) is 75.6 cm³/mol. The van der Waals surface area contributed by atoms with E-state index in [0.717, 1.165) is 6.42 Å². The molecule has 1 aromatic carbocycles. The van der Waals surface area contributed by atoms with Crippen LogP contribution in [0.4, 0.5) is 0 Å². The van der Waals surface area contributed by atoms with Crippen LogP contribution in [0.5, 0.6) is 0 Å². The van der Waals surface area contributed by atoms with Gasteiger partial charge in [-0.05, 0) is 31.4 Å². The fraction of sp³-hybridized carbons (Fsp3) is 0.467. The molecule has 0 saturated heterocycles. The number of hydrogen-bond acceptors (Lipinski definition) is 3. The quantitative estimate of drug-likeness (QED) is 0.843.